The molecule has 0 aliphatic heterocycles. The Morgan fingerprint density at radius 3 is 2.24 bits per heavy atom. The summed E-state index contributed by atoms with van der Waals surface area (Å²) in [6, 6.07) is 10.9. The van der Waals surface area contributed by atoms with Gasteiger partial charge in [-0.1, -0.05) is 0 Å². The number of benzene rings is 2. The largest absolute Gasteiger partial charge is 0.490 e. The average molecular weight is 287 g/mol. The monoisotopic (exact) mass is 287 g/mol. The van der Waals surface area contributed by atoms with Crippen LogP contribution in [0.25, 0.3) is 0 Å². The third kappa shape index (κ3) is 3.36. The number of nitrogens with zero attached hydrogens (tertiary/aromatic N) is 1. The molecule has 0 bridgehead atoms. The van der Waals surface area contributed by atoms with Gasteiger partial charge in [-0.25, -0.2) is 0 Å². The highest BCUT2D eigenvalue weighted by Gasteiger charge is 2.16. The molecule has 2 rings (SSSR count). The second kappa shape index (κ2) is 6.04. The highest BCUT2D eigenvalue weighted by atomic mass is 16.6. The van der Waals surface area contributed by atoms with Crippen molar-refractivity contribution in [1.29, 1.82) is 0 Å². The lowest BCUT2D eigenvalue weighted by Gasteiger charge is -2.07. The van der Waals surface area contributed by atoms with Crippen LogP contribution < -0.4 is 9.47 Å². The molecule has 0 saturated heterocycles. The fourth-order valence-electron chi connectivity index (χ4n) is 1.77. The molecule has 0 unspecified atom stereocenters. The summed E-state index contributed by atoms with van der Waals surface area (Å²) in [5, 5.41) is 10.9. The first-order valence-corrected chi connectivity index (χ1v) is 6.12. The number of carbonyl (C=O) groups is 1. The molecule has 0 aromatic heterocycles. The van der Waals surface area contributed by atoms with Gasteiger partial charge >= 0.3 is 5.69 Å². The SMILES string of the molecule is COc1ccc(Oc2ccc(C(C)=O)cc2)cc1[N+](=O)[O-]. The van der Waals surface area contributed by atoms with Gasteiger partial charge in [0.15, 0.2) is 11.5 Å². The summed E-state index contributed by atoms with van der Waals surface area (Å²) in [7, 11) is 1.36. The number of ether oxygens (including phenoxy) is 2. The Balaban J connectivity index is 2.25. The van der Waals surface area contributed by atoms with Crippen molar-refractivity contribution in [2.24, 2.45) is 0 Å². The molecule has 21 heavy (non-hydrogen) atoms. The summed E-state index contributed by atoms with van der Waals surface area (Å²) < 4.78 is 10.5. The van der Waals surface area contributed by atoms with E-state index >= 15 is 0 Å². The number of carbonyl (C=O) groups excluding carboxylic acids is 1. The van der Waals surface area contributed by atoms with Crippen LogP contribution in [0.5, 0.6) is 17.2 Å². The summed E-state index contributed by atoms with van der Waals surface area (Å²) in [5.74, 6) is 0.929. The van der Waals surface area contributed by atoms with E-state index < -0.39 is 4.92 Å². The molecular formula is C15H13NO5. The molecule has 2 aromatic carbocycles. The van der Waals surface area contributed by atoms with Crippen molar-refractivity contribution in [2.45, 2.75) is 6.92 Å². The van der Waals surface area contributed by atoms with Crippen LogP contribution in [-0.2, 0) is 0 Å². The maximum atomic E-state index is 11.2. The first-order valence-electron chi connectivity index (χ1n) is 6.12. The van der Waals surface area contributed by atoms with Crippen molar-refractivity contribution in [3.05, 3.63) is 58.1 Å². The second-order valence-corrected chi connectivity index (χ2v) is 4.27. The fourth-order valence-corrected chi connectivity index (χ4v) is 1.77. The van der Waals surface area contributed by atoms with Gasteiger partial charge < -0.3 is 9.47 Å². The molecule has 0 radical (unpaired) electrons. The zero-order valence-corrected chi connectivity index (χ0v) is 11.5. The Morgan fingerprint density at radius 2 is 1.71 bits per heavy atom. The van der Waals surface area contributed by atoms with E-state index in [1.54, 1.807) is 30.3 Å². The van der Waals surface area contributed by atoms with Crippen LogP contribution in [0.2, 0.25) is 0 Å². The molecule has 108 valence electrons. The molecule has 0 heterocycles. The number of hydrogen-bond acceptors (Lipinski definition) is 5. The summed E-state index contributed by atoms with van der Waals surface area (Å²) in [6.07, 6.45) is 0. The third-order valence-electron chi connectivity index (χ3n) is 2.84. The van der Waals surface area contributed by atoms with Gasteiger partial charge in [0.2, 0.25) is 0 Å². The van der Waals surface area contributed by atoms with Gasteiger partial charge in [0.25, 0.3) is 0 Å². The molecule has 0 aliphatic rings. The third-order valence-corrected chi connectivity index (χ3v) is 2.84. The Morgan fingerprint density at radius 1 is 1.10 bits per heavy atom. The van der Waals surface area contributed by atoms with E-state index in [4.69, 9.17) is 9.47 Å². The normalized spacial score (nSPS) is 10.0. The maximum absolute atomic E-state index is 11.2. The zero-order valence-electron chi connectivity index (χ0n) is 11.5. The molecule has 0 aliphatic carbocycles. The van der Waals surface area contributed by atoms with E-state index in [0.29, 0.717) is 17.1 Å². The molecule has 0 spiro atoms. The van der Waals surface area contributed by atoms with Gasteiger partial charge in [-0.15, -0.1) is 0 Å². The van der Waals surface area contributed by atoms with E-state index in [-0.39, 0.29) is 17.2 Å². The van der Waals surface area contributed by atoms with Gasteiger partial charge in [-0.3, -0.25) is 14.9 Å². The van der Waals surface area contributed by atoms with Crippen molar-refractivity contribution in [1.82, 2.24) is 0 Å². The number of rotatable bonds is 5. The summed E-state index contributed by atoms with van der Waals surface area (Å²) in [6.45, 7) is 1.47. The van der Waals surface area contributed by atoms with Crippen LogP contribution in [0.15, 0.2) is 42.5 Å². The first kappa shape index (κ1) is 14.5. The predicted octanol–water partition coefficient (Wildman–Crippen LogP) is 3.60. The van der Waals surface area contributed by atoms with Crippen LogP contribution in [0, 0.1) is 10.1 Å². The molecule has 0 saturated carbocycles. The van der Waals surface area contributed by atoms with Gasteiger partial charge in [0, 0.05) is 5.56 Å². The smallest absolute Gasteiger partial charge is 0.314 e. The fraction of sp³-hybridized carbons (Fsp3) is 0.133. The Hall–Kier alpha value is -2.89. The number of Topliss-reactive ketones (excluding diaryl/α,β-unsaturated/α-hetero) is 1. The standard InChI is InChI=1S/C15H13NO5/c1-10(17)11-3-5-12(6-4-11)21-13-7-8-15(20-2)14(9-13)16(18)19/h3-9H,1-2H3. The van der Waals surface area contributed by atoms with Crippen LogP contribution in [-0.4, -0.2) is 17.8 Å². The summed E-state index contributed by atoms with van der Waals surface area (Å²) >= 11 is 0. The lowest BCUT2D eigenvalue weighted by atomic mass is 10.1. The van der Waals surface area contributed by atoms with Crippen molar-refractivity contribution >= 4 is 11.5 Å². The lowest BCUT2D eigenvalue weighted by molar-refractivity contribution is -0.385. The van der Waals surface area contributed by atoms with Crippen LogP contribution >= 0.6 is 0 Å². The number of hydrogen-bond donors (Lipinski definition) is 0. The maximum Gasteiger partial charge on any atom is 0.314 e. The molecule has 0 amide bonds. The topological polar surface area (TPSA) is 78.7 Å². The van der Waals surface area contributed by atoms with Gasteiger partial charge in [0.1, 0.15) is 11.5 Å². The lowest BCUT2D eigenvalue weighted by Crippen LogP contribution is -1.95. The predicted molar refractivity (Wildman–Crippen MR) is 76.2 cm³/mol. The summed E-state index contributed by atoms with van der Waals surface area (Å²) in [5.41, 5.74) is 0.401. The van der Waals surface area contributed by atoms with Gasteiger partial charge in [-0.05, 0) is 43.3 Å². The van der Waals surface area contributed by atoms with Crippen LogP contribution in [0.4, 0.5) is 5.69 Å². The minimum Gasteiger partial charge on any atom is -0.490 e. The number of nitro groups is 1. The Kier molecular flexibility index (Phi) is 4.18. The molecule has 6 nitrogen and oxygen atoms in total. The van der Waals surface area contributed by atoms with Crippen molar-refractivity contribution in [3.63, 3.8) is 0 Å². The van der Waals surface area contributed by atoms with Gasteiger partial charge in [-0.2, -0.15) is 0 Å². The highest BCUT2D eigenvalue weighted by molar-refractivity contribution is 5.94. The second-order valence-electron chi connectivity index (χ2n) is 4.27. The molecule has 2 aromatic rings. The summed E-state index contributed by atoms with van der Waals surface area (Å²) in [4.78, 5) is 21.6. The molecular weight excluding hydrogens is 274 g/mol. The Bertz CT molecular complexity index is 679. The number of nitro benzene ring substituents is 1. The number of methoxy groups -OCH3 is 1. The van der Waals surface area contributed by atoms with Crippen molar-refractivity contribution < 1.29 is 19.2 Å². The van der Waals surface area contributed by atoms with E-state index in [9.17, 15) is 14.9 Å². The van der Waals surface area contributed by atoms with Gasteiger partial charge in [0.05, 0.1) is 18.1 Å². The molecule has 0 atom stereocenters. The van der Waals surface area contributed by atoms with Crippen molar-refractivity contribution in [3.8, 4) is 17.2 Å². The quantitative estimate of drug-likeness (QED) is 0.477. The molecule has 6 heteroatoms. The van der Waals surface area contributed by atoms with E-state index in [0.717, 1.165) is 0 Å². The minimum atomic E-state index is -0.537. The highest BCUT2D eigenvalue weighted by Crippen LogP contribution is 2.32. The molecule has 0 fully saturated rings. The van der Waals surface area contributed by atoms with Crippen LogP contribution in [0.1, 0.15) is 17.3 Å². The average Bonchev–Trinajstić information content (AvgIpc) is 2.47. The molecule has 0 N–H and O–H groups in total. The number of ketones is 1. The first-order chi connectivity index (χ1) is 10.0. The Labute approximate surface area is 121 Å². The zero-order chi connectivity index (χ0) is 15.4. The van der Waals surface area contributed by atoms with E-state index in [2.05, 4.69) is 0 Å². The van der Waals surface area contributed by atoms with Crippen molar-refractivity contribution in [2.75, 3.05) is 7.11 Å². The van der Waals surface area contributed by atoms with Crippen LogP contribution in [0.3, 0.4) is 0 Å². The van der Waals surface area contributed by atoms with E-state index in [1.807, 2.05) is 0 Å². The van der Waals surface area contributed by atoms with E-state index in [1.165, 1.54) is 26.2 Å². The minimum absolute atomic E-state index is 0.0402.